The molecule has 256 valence electrons. The molecule has 11 nitrogen and oxygen atoms in total. The molecule has 2 heterocycles. The van der Waals surface area contributed by atoms with Crippen LogP contribution in [0.5, 0.6) is 5.75 Å². The summed E-state index contributed by atoms with van der Waals surface area (Å²) in [4.78, 5) is 23.9. The first-order valence-electron chi connectivity index (χ1n) is 16.1. The highest BCUT2D eigenvalue weighted by Gasteiger charge is 2.19. The Morgan fingerprint density at radius 1 is 1.13 bits per heavy atom. The van der Waals surface area contributed by atoms with E-state index in [1.165, 1.54) is 6.42 Å². The van der Waals surface area contributed by atoms with Gasteiger partial charge in [0.05, 0.1) is 18.5 Å². The maximum absolute atomic E-state index is 12.2. The number of nitrogens with zero attached hydrogens (tertiary/aromatic N) is 3. The number of carbonyl (C=O) groups excluding carboxylic acids is 1. The van der Waals surface area contributed by atoms with E-state index in [1.54, 1.807) is 13.3 Å². The van der Waals surface area contributed by atoms with Gasteiger partial charge in [-0.15, -0.1) is 0 Å². The zero-order valence-electron chi connectivity index (χ0n) is 29.2. The number of aryl methyl sites for hydroxylation is 1. The molecule has 1 aliphatic heterocycles. The van der Waals surface area contributed by atoms with Crippen LogP contribution in [0.25, 0.3) is 5.70 Å². The van der Waals surface area contributed by atoms with Crippen molar-refractivity contribution in [3.63, 3.8) is 0 Å². The van der Waals surface area contributed by atoms with Gasteiger partial charge in [0.2, 0.25) is 5.91 Å². The summed E-state index contributed by atoms with van der Waals surface area (Å²) in [6.45, 7) is 16.4. The highest BCUT2D eigenvalue weighted by molar-refractivity contribution is 5.77. The lowest BCUT2D eigenvalue weighted by Crippen LogP contribution is -2.29. The first-order valence-corrected chi connectivity index (χ1v) is 16.1. The summed E-state index contributed by atoms with van der Waals surface area (Å²) in [5.74, 6) is 1.95. The predicted octanol–water partition coefficient (Wildman–Crippen LogP) is 5.24. The van der Waals surface area contributed by atoms with Gasteiger partial charge in [0.15, 0.2) is 5.82 Å². The summed E-state index contributed by atoms with van der Waals surface area (Å²) in [5.41, 5.74) is 9.60. The molecule has 46 heavy (non-hydrogen) atoms. The van der Waals surface area contributed by atoms with E-state index >= 15 is 0 Å². The van der Waals surface area contributed by atoms with Crippen molar-refractivity contribution in [2.24, 2.45) is 5.73 Å². The van der Waals surface area contributed by atoms with Crippen molar-refractivity contribution in [1.82, 2.24) is 25.5 Å². The molecule has 1 aromatic heterocycles. The third kappa shape index (κ3) is 15.8. The van der Waals surface area contributed by atoms with Gasteiger partial charge in [-0.25, -0.2) is 9.97 Å². The summed E-state index contributed by atoms with van der Waals surface area (Å²) in [7, 11) is 7.42. The van der Waals surface area contributed by atoms with Crippen LogP contribution in [0.2, 0.25) is 0 Å². The number of amides is 1. The van der Waals surface area contributed by atoms with Crippen molar-refractivity contribution in [2.75, 3.05) is 65.2 Å². The van der Waals surface area contributed by atoms with Gasteiger partial charge >= 0.3 is 0 Å². The van der Waals surface area contributed by atoms with Crippen LogP contribution in [0.1, 0.15) is 63.4 Å². The molecule has 0 bridgehead atoms. The molecule has 0 saturated carbocycles. The third-order valence-corrected chi connectivity index (χ3v) is 6.51. The van der Waals surface area contributed by atoms with E-state index in [4.69, 9.17) is 25.2 Å². The average Bonchev–Trinajstić information content (AvgIpc) is 3.04. The Kier molecular flexibility index (Phi) is 20.2. The van der Waals surface area contributed by atoms with E-state index in [-0.39, 0.29) is 11.9 Å². The van der Waals surface area contributed by atoms with Crippen LogP contribution in [-0.4, -0.2) is 81.4 Å². The number of carbonyl (C=O) groups is 1. The lowest BCUT2D eigenvalue weighted by atomic mass is 10.1. The Balaban J connectivity index is 0.00000137. The van der Waals surface area contributed by atoms with Gasteiger partial charge in [-0.1, -0.05) is 52.5 Å². The first kappa shape index (κ1) is 39.9. The molecule has 1 saturated heterocycles. The van der Waals surface area contributed by atoms with E-state index in [9.17, 15) is 4.79 Å². The fourth-order valence-electron chi connectivity index (χ4n) is 4.20. The molecule has 1 amide bonds. The Bertz CT molecular complexity index is 1230. The molecule has 1 aliphatic rings. The van der Waals surface area contributed by atoms with Gasteiger partial charge < -0.3 is 41.4 Å². The molecular weight excluding hydrogens is 580 g/mol. The molecule has 2 aromatic rings. The zero-order valence-corrected chi connectivity index (χ0v) is 29.2. The maximum Gasteiger partial charge on any atom is 0.223 e. The fraction of sp³-hybridized carbons (Fsp3) is 0.514. The van der Waals surface area contributed by atoms with E-state index in [1.807, 2.05) is 63.3 Å². The normalized spacial score (nSPS) is 12.7. The van der Waals surface area contributed by atoms with Crippen LogP contribution in [-0.2, 0) is 22.4 Å². The van der Waals surface area contributed by atoms with Crippen LogP contribution in [0.3, 0.4) is 0 Å². The van der Waals surface area contributed by atoms with Gasteiger partial charge in [-0.3, -0.25) is 4.79 Å². The topological polar surface area (TPSA) is 139 Å². The smallest absolute Gasteiger partial charge is 0.223 e. The molecule has 0 aliphatic carbocycles. The van der Waals surface area contributed by atoms with E-state index in [2.05, 4.69) is 48.3 Å². The number of aromatic nitrogens is 2. The number of rotatable bonds is 15. The van der Waals surface area contributed by atoms with Crippen molar-refractivity contribution < 1.29 is 14.3 Å². The summed E-state index contributed by atoms with van der Waals surface area (Å²) in [6, 6.07) is 6.14. The van der Waals surface area contributed by atoms with Crippen LogP contribution in [0.15, 0.2) is 49.7 Å². The highest BCUT2D eigenvalue weighted by Crippen LogP contribution is 2.29. The monoisotopic (exact) mass is 638 g/mol. The second-order valence-corrected chi connectivity index (χ2v) is 11.1. The number of nitrogens with two attached hydrogens (primary N) is 1. The summed E-state index contributed by atoms with van der Waals surface area (Å²) < 4.78 is 11.0. The molecule has 3 rings (SSSR count). The quantitative estimate of drug-likeness (QED) is 0.165. The van der Waals surface area contributed by atoms with Crippen molar-refractivity contribution in [2.45, 2.75) is 65.3 Å². The van der Waals surface area contributed by atoms with Crippen LogP contribution >= 0.6 is 0 Å². The van der Waals surface area contributed by atoms with Gasteiger partial charge in [-0.2, -0.15) is 0 Å². The zero-order chi connectivity index (χ0) is 34.3. The SMILES string of the molecule is C=C(N)c1nc(CC)c(NC2CCOCC2)nc1Nc1cc(CCNC(=O)C/C=C/CN(C)C)cc(OC)c1.C=CNC.CCC. The van der Waals surface area contributed by atoms with Crippen molar-refractivity contribution in [1.29, 1.82) is 0 Å². The standard InChI is InChI=1S/C29H43N7O3.C3H7N.C3H8/c1-6-25-28(32-22-11-15-39-16-12-22)35-29(27(34-25)20(2)30)33-23-17-21(18-24(19-23)38-5)10-13-31-26(37)9-7-8-14-36(3)4;1-3-4-2;1-3-2/h7-8,17-19,22H,2,6,9-16,30H2,1,3-5H3,(H,31,37)(H2,32,33,35);3-4H,1H2,2H3;3H2,1-2H3/b8-7+;;. The van der Waals surface area contributed by atoms with Crippen molar-refractivity contribution in [3.05, 3.63) is 66.7 Å². The molecule has 1 aromatic carbocycles. The van der Waals surface area contributed by atoms with Crippen molar-refractivity contribution in [3.8, 4) is 5.75 Å². The van der Waals surface area contributed by atoms with Crippen LogP contribution in [0.4, 0.5) is 17.3 Å². The lowest BCUT2D eigenvalue weighted by Gasteiger charge is -2.25. The minimum absolute atomic E-state index is 0.00630. The number of benzene rings is 1. The second-order valence-electron chi connectivity index (χ2n) is 11.1. The fourth-order valence-corrected chi connectivity index (χ4v) is 4.20. The van der Waals surface area contributed by atoms with Gasteiger partial charge in [-0.05, 0) is 63.7 Å². The lowest BCUT2D eigenvalue weighted by molar-refractivity contribution is -0.120. The number of hydrogen-bond acceptors (Lipinski definition) is 10. The summed E-state index contributed by atoms with van der Waals surface area (Å²) in [5, 5.41) is 12.6. The molecule has 0 spiro atoms. The largest absolute Gasteiger partial charge is 0.497 e. The van der Waals surface area contributed by atoms with E-state index in [0.29, 0.717) is 48.8 Å². The Labute approximate surface area is 277 Å². The van der Waals surface area contributed by atoms with E-state index in [0.717, 1.165) is 55.4 Å². The number of ether oxygens (including phenoxy) is 2. The highest BCUT2D eigenvalue weighted by atomic mass is 16.5. The number of anilines is 3. The van der Waals surface area contributed by atoms with Crippen LogP contribution < -0.4 is 31.7 Å². The predicted molar refractivity (Wildman–Crippen MR) is 193 cm³/mol. The minimum atomic E-state index is -0.00630. The number of methoxy groups -OCH3 is 1. The number of nitrogens with one attached hydrogen (secondary N) is 4. The minimum Gasteiger partial charge on any atom is -0.497 e. The van der Waals surface area contributed by atoms with Gasteiger partial charge in [0.25, 0.3) is 0 Å². The molecule has 0 atom stereocenters. The Morgan fingerprint density at radius 3 is 2.37 bits per heavy atom. The number of hydrogen-bond donors (Lipinski definition) is 5. The van der Waals surface area contributed by atoms with Gasteiger partial charge in [0, 0.05) is 57.6 Å². The maximum atomic E-state index is 12.2. The molecule has 11 heteroatoms. The Hall–Kier alpha value is -4.09. The molecule has 0 radical (unpaired) electrons. The second kappa shape index (κ2) is 23.3. The summed E-state index contributed by atoms with van der Waals surface area (Å²) >= 11 is 0. The average molecular weight is 639 g/mol. The third-order valence-electron chi connectivity index (χ3n) is 6.51. The first-order chi connectivity index (χ1) is 22.1. The van der Waals surface area contributed by atoms with E-state index < -0.39 is 0 Å². The molecule has 1 fully saturated rings. The van der Waals surface area contributed by atoms with Crippen LogP contribution in [0, 0.1) is 0 Å². The molecular formula is C35H58N8O3. The van der Waals surface area contributed by atoms with Gasteiger partial charge in [0.1, 0.15) is 17.3 Å². The number of likely N-dealkylation sites (N-methyl/N-ethyl adjacent to an activating group) is 1. The molecule has 6 N–H and O–H groups in total. The van der Waals surface area contributed by atoms with Crippen molar-refractivity contribution >= 4 is 28.9 Å². The Morgan fingerprint density at radius 2 is 1.80 bits per heavy atom. The summed E-state index contributed by atoms with van der Waals surface area (Å²) in [6.07, 6.45) is 10.3. The molecule has 0 unspecified atom stereocenters.